The van der Waals surface area contributed by atoms with Crippen molar-refractivity contribution in [2.75, 3.05) is 42.3 Å². The topological polar surface area (TPSA) is 18.5 Å². The summed E-state index contributed by atoms with van der Waals surface area (Å²) in [5, 5.41) is 3.84. The number of nitrogens with one attached hydrogen (secondary N) is 1. The summed E-state index contributed by atoms with van der Waals surface area (Å²) in [5.74, 6) is 0. The quantitative estimate of drug-likeness (QED) is 0.368. The van der Waals surface area contributed by atoms with Gasteiger partial charge in [0.15, 0.2) is 0 Å². The Morgan fingerprint density at radius 1 is 0.750 bits per heavy atom. The molecule has 0 bridgehead atoms. The SMILES string of the molecule is CCCN(CCC)c1ccc(C(Nc2ccccc2C)c2ccc(N(C)C)cc2)c(C)c1. The minimum atomic E-state index is 0.0900. The lowest BCUT2D eigenvalue weighted by Gasteiger charge is -2.28. The van der Waals surface area contributed by atoms with Gasteiger partial charge < -0.3 is 15.1 Å². The molecule has 3 aromatic carbocycles. The Morgan fingerprint density at radius 2 is 1.38 bits per heavy atom. The number of anilines is 3. The molecule has 170 valence electrons. The van der Waals surface area contributed by atoms with Crippen LogP contribution in [0.4, 0.5) is 17.1 Å². The molecule has 32 heavy (non-hydrogen) atoms. The molecule has 1 unspecified atom stereocenters. The molecule has 3 aromatic rings. The van der Waals surface area contributed by atoms with Crippen molar-refractivity contribution in [2.45, 2.75) is 46.6 Å². The molecular weight excluding hydrogens is 390 g/mol. The van der Waals surface area contributed by atoms with Gasteiger partial charge >= 0.3 is 0 Å². The molecule has 3 nitrogen and oxygen atoms in total. The number of hydrogen-bond acceptors (Lipinski definition) is 3. The van der Waals surface area contributed by atoms with Crippen LogP contribution in [0, 0.1) is 13.8 Å². The van der Waals surface area contributed by atoms with E-state index in [4.69, 9.17) is 0 Å². The predicted molar refractivity (Wildman–Crippen MR) is 141 cm³/mol. The zero-order valence-electron chi connectivity index (χ0n) is 20.7. The van der Waals surface area contributed by atoms with E-state index < -0.39 is 0 Å². The molecule has 0 aliphatic heterocycles. The fourth-order valence-electron chi connectivity index (χ4n) is 4.29. The highest BCUT2D eigenvalue weighted by Gasteiger charge is 2.18. The van der Waals surface area contributed by atoms with Gasteiger partial charge in [-0.1, -0.05) is 50.2 Å². The minimum Gasteiger partial charge on any atom is -0.378 e. The lowest BCUT2D eigenvalue weighted by Crippen LogP contribution is -2.25. The summed E-state index contributed by atoms with van der Waals surface area (Å²) in [5.41, 5.74) is 8.89. The first kappa shape index (κ1) is 23.7. The molecule has 1 N–H and O–H groups in total. The van der Waals surface area contributed by atoms with Crippen LogP contribution in [0.2, 0.25) is 0 Å². The molecule has 3 rings (SSSR count). The number of rotatable bonds is 10. The Kier molecular flexibility index (Phi) is 8.21. The van der Waals surface area contributed by atoms with Crippen LogP contribution < -0.4 is 15.1 Å². The van der Waals surface area contributed by atoms with Crippen LogP contribution in [0.25, 0.3) is 0 Å². The normalized spacial score (nSPS) is 11.8. The second kappa shape index (κ2) is 11.1. The van der Waals surface area contributed by atoms with Gasteiger partial charge in [-0.25, -0.2) is 0 Å². The lowest BCUT2D eigenvalue weighted by atomic mass is 9.93. The zero-order chi connectivity index (χ0) is 23.1. The second-order valence-corrected chi connectivity index (χ2v) is 8.91. The summed E-state index contributed by atoms with van der Waals surface area (Å²) in [6.07, 6.45) is 2.33. The van der Waals surface area contributed by atoms with E-state index in [0.29, 0.717) is 0 Å². The Labute approximate surface area is 195 Å². The Morgan fingerprint density at radius 3 is 1.94 bits per heavy atom. The molecule has 0 aliphatic carbocycles. The molecule has 0 heterocycles. The van der Waals surface area contributed by atoms with E-state index in [1.54, 1.807) is 0 Å². The van der Waals surface area contributed by atoms with Crippen molar-refractivity contribution in [2.24, 2.45) is 0 Å². The van der Waals surface area contributed by atoms with Gasteiger partial charge in [0.1, 0.15) is 0 Å². The van der Waals surface area contributed by atoms with E-state index in [9.17, 15) is 0 Å². The maximum atomic E-state index is 3.84. The van der Waals surface area contributed by atoms with Gasteiger partial charge in [-0.05, 0) is 79.3 Å². The average Bonchev–Trinajstić information content (AvgIpc) is 2.79. The number of hydrogen-bond donors (Lipinski definition) is 1. The first-order chi connectivity index (χ1) is 15.4. The third kappa shape index (κ3) is 5.64. The standard InChI is InChI=1S/C29H39N3/c1-7-19-32(20-8-2)26-17-18-27(23(4)21-26)29(30-28-12-10-9-11-22(28)3)24-13-15-25(16-14-24)31(5)6/h9-18,21,29-30H,7-8,19-20H2,1-6H3. The van der Waals surface area contributed by atoms with Crippen LogP contribution >= 0.6 is 0 Å². The van der Waals surface area contributed by atoms with Gasteiger partial charge in [-0.3, -0.25) is 0 Å². The third-order valence-corrected chi connectivity index (χ3v) is 6.10. The van der Waals surface area contributed by atoms with Gasteiger partial charge in [0, 0.05) is 44.2 Å². The zero-order valence-corrected chi connectivity index (χ0v) is 20.7. The molecule has 3 heteroatoms. The number of benzene rings is 3. The van der Waals surface area contributed by atoms with E-state index in [1.807, 2.05) is 0 Å². The van der Waals surface area contributed by atoms with Crippen molar-refractivity contribution in [3.8, 4) is 0 Å². The van der Waals surface area contributed by atoms with Crippen molar-refractivity contribution in [3.63, 3.8) is 0 Å². The largest absolute Gasteiger partial charge is 0.378 e. The van der Waals surface area contributed by atoms with Gasteiger partial charge in [-0.2, -0.15) is 0 Å². The average molecular weight is 430 g/mol. The van der Waals surface area contributed by atoms with Crippen molar-refractivity contribution < 1.29 is 0 Å². The highest BCUT2D eigenvalue weighted by molar-refractivity contribution is 5.59. The van der Waals surface area contributed by atoms with Crippen molar-refractivity contribution in [1.29, 1.82) is 0 Å². The summed E-state index contributed by atoms with van der Waals surface area (Å²) < 4.78 is 0. The summed E-state index contributed by atoms with van der Waals surface area (Å²) in [7, 11) is 4.17. The molecule has 0 fully saturated rings. The fraction of sp³-hybridized carbons (Fsp3) is 0.379. The van der Waals surface area contributed by atoms with Gasteiger partial charge in [-0.15, -0.1) is 0 Å². The van der Waals surface area contributed by atoms with Gasteiger partial charge in [0.05, 0.1) is 6.04 Å². The first-order valence-corrected chi connectivity index (χ1v) is 11.9. The number of para-hydroxylation sites is 1. The van der Waals surface area contributed by atoms with E-state index in [2.05, 4.69) is 124 Å². The molecule has 0 saturated heterocycles. The Hall–Kier alpha value is -2.94. The maximum Gasteiger partial charge on any atom is 0.0770 e. The highest BCUT2D eigenvalue weighted by atomic mass is 15.1. The molecule has 0 radical (unpaired) electrons. The summed E-state index contributed by atoms with van der Waals surface area (Å²) in [4.78, 5) is 4.65. The Bertz CT molecular complexity index is 986. The van der Waals surface area contributed by atoms with Crippen LogP contribution in [0.3, 0.4) is 0 Å². The predicted octanol–water partition coefficient (Wildman–Crippen LogP) is 7.20. The van der Waals surface area contributed by atoms with E-state index in [0.717, 1.165) is 25.9 Å². The van der Waals surface area contributed by atoms with E-state index >= 15 is 0 Å². The van der Waals surface area contributed by atoms with Crippen LogP contribution in [0.15, 0.2) is 66.7 Å². The van der Waals surface area contributed by atoms with Gasteiger partial charge in [0.25, 0.3) is 0 Å². The van der Waals surface area contributed by atoms with Crippen molar-refractivity contribution >= 4 is 17.1 Å². The van der Waals surface area contributed by atoms with Gasteiger partial charge in [0.2, 0.25) is 0 Å². The van der Waals surface area contributed by atoms with E-state index in [1.165, 1.54) is 39.3 Å². The second-order valence-electron chi connectivity index (χ2n) is 8.91. The van der Waals surface area contributed by atoms with Crippen LogP contribution in [0.5, 0.6) is 0 Å². The Balaban J connectivity index is 2.01. The number of aryl methyl sites for hydroxylation is 2. The fourth-order valence-corrected chi connectivity index (χ4v) is 4.29. The summed E-state index contributed by atoms with van der Waals surface area (Å²) in [6.45, 7) is 11.1. The van der Waals surface area contributed by atoms with Crippen LogP contribution in [0.1, 0.15) is 55.0 Å². The molecule has 0 aromatic heterocycles. The monoisotopic (exact) mass is 429 g/mol. The number of nitrogens with zero attached hydrogens (tertiary/aromatic N) is 2. The van der Waals surface area contributed by atoms with Crippen molar-refractivity contribution in [3.05, 3.63) is 89.0 Å². The molecule has 0 spiro atoms. The highest BCUT2D eigenvalue weighted by Crippen LogP contribution is 2.33. The molecular formula is C29H39N3. The minimum absolute atomic E-state index is 0.0900. The van der Waals surface area contributed by atoms with Crippen LogP contribution in [-0.2, 0) is 0 Å². The molecule has 0 amide bonds. The molecule has 0 saturated carbocycles. The first-order valence-electron chi connectivity index (χ1n) is 11.9. The molecule has 1 atom stereocenters. The smallest absolute Gasteiger partial charge is 0.0770 e. The summed E-state index contributed by atoms with van der Waals surface area (Å²) >= 11 is 0. The van der Waals surface area contributed by atoms with Crippen molar-refractivity contribution in [1.82, 2.24) is 0 Å². The van der Waals surface area contributed by atoms with Crippen LogP contribution in [-0.4, -0.2) is 27.2 Å². The lowest BCUT2D eigenvalue weighted by molar-refractivity contribution is 0.744. The van der Waals surface area contributed by atoms with E-state index in [-0.39, 0.29) is 6.04 Å². The molecule has 0 aliphatic rings. The third-order valence-electron chi connectivity index (χ3n) is 6.10. The maximum absolute atomic E-state index is 3.84. The summed E-state index contributed by atoms with van der Waals surface area (Å²) in [6, 6.07) is 24.5.